The van der Waals surface area contributed by atoms with Crippen LogP contribution < -0.4 is 0 Å². The van der Waals surface area contributed by atoms with E-state index in [2.05, 4.69) is 6.92 Å². The normalized spacial score (nSPS) is 10.2. The fraction of sp³-hybridized carbons (Fsp3) is 0.222. The third kappa shape index (κ3) is 1.40. The van der Waals surface area contributed by atoms with Crippen LogP contribution in [-0.4, -0.2) is 5.11 Å². The summed E-state index contributed by atoms with van der Waals surface area (Å²) in [5.74, 6) is -0.290. The van der Waals surface area contributed by atoms with Gasteiger partial charge < -0.3 is 5.11 Å². The van der Waals surface area contributed by atoms with Crippen molar-refractivity contribution in [2.45, 2.75) is 13.5 Å². The zero-order valence-corrected chi connectivity index (χ0v) is 6.39. The van der Waals surface area contributed by atoms with Gasteiger partial charge in [0.1, 0.15) is 5.82 Å². The molecule has 0 heterocycles. The standard InChI is InChI=1S/C9H10FO/c1-6-3-4-9(10)7(2)8(6)5-11/h3-4,11H,1,5H2,2H3. The van der Waals surface area contributed by atoms with Crippen LogP contribution >= 0.6 is 0 Å². The molecule has 1 radical (unpaired) electrons. The molecule has 11 heavy (non-hydrogen) atoms. The third-order valence-corrected chi connectivity index (χ3v) is 1.79. The topological polar surface area (TPSA) is 20.2 Å². The van der Waals surface area contributed by atoms with Crippen molar-refractivity contribution in [1.29, 1.82) is 0 Å². The lowest BCUT2D eigenvalue weighted by Crippen LogP contribution is -1.95. The maximum atomic E-state index is 12.8. The summed E-state index contributed by atoms with van der Waals surface area (Å²) in [6.45, 7) is 5.15. The molecule has 0 aromatic heterocycles. The van der Waals surface area contributed by atoms with Gasteiger partial charge in [0.15, 0.2) is 0 Å². The highest BCUT2D eigenvalue weighted by atomic mass is 19.1. The van der Waals surface area contributed by atoms with E-state index in [1.807, 2.05) is 0 Å². The number of aliphatic hydroxyl groups is 1. The molecule has 0 saturated carbocycles. The first-order chi connectivity index (χ1) is 5.16. The molecule has 1 aromatic carbocycles. The van der Waals surface area contributed by atoms with Gasteiger partial charge in [-0.3, -0.25) is 0 Å². The summed E-state index contributed by atoms with van der Waals surface area (Å²) in [5.41, 5.74) is 1.76. The van der Waals surface area contributed by atoms with E-state index in [4.69, 9.17) is 5.11 Å². The maximum Gasteiger partial charge on any atom is 0.126 e. The highest BCUT2D eigenvalue weighted by Gasteiger charge is 2.04. The average Bonchev–Trinajstić information content (AvgIpc) is 1.99. The van der Waals surface area contributed by atoms with Crippen LogP contribution in [0.4, 0.5) is 4.39 Å². The Labute approximate surface area is 65.5 Å². The first-order valence-electron chi connectivity index (χ1n) is 3.37. The van der Waals surface area contributed by atoms with Crippen molar-refractivity contribution in [3.63, 3.8) is 0 Å². The largest absolute Gasteiger partial charge is 0.392 e. The van der Waals surface area contributed by atoms with Crippen molar-refractivity contribution in [3.8, 4) is 0 Å². The van der Waals surface area contributed by atoms with Crippen molar-refractivity contribution < 1.29 is 9.50 Å². The summed E-state index contributed by atoms with van der Waals surface area (Å²) in [4.78, 5) is 0. The van der Waals surface area contributed by atoms with Crippen molar-refractivity contribution >= 4 is 0 Å². The Morgan fingerprint density at radius 1 is 1.55 bits per heavy atom. The number of aliphatic hydroxyl groups excluding tert-OH is 1. The van der Waals surface area contributed by atoms with Crippen LogP contribution in [0.5, 0.6) is 0 Å². The minimum Gasteiger partial charge on any atom is -0.392 e. The van der Waals surface area contributed by atoms with Crippen LogP contribution in [0.25, 0.3) is 0 Å². The van der Waals surface area contributed by atoms with Crippen LogP contribution in [0, 0.1) is 19.7 Å². The number of hydrogen-bond acceptors (Lipinski definition) is 1. The van der Waals surface area contributed by atoms with Crippen LogP contribution in [0.15, 0.2) is 12.1 Å². The molecule has 0 unspecified atom stereocenters. The van der Waals surface area contributed by atoms with Gasteiger partial charge in [0, 0.05) is 0 Å². The number of halogens is 1. The molecule has 0 saturated heterocycles. The summed E-state index contributed by atoms with van der Waals surface area (Å²) in [7, 11) is 0. The number of rotatable bonds is 1. The smallest absolute Gasteiger partial charge is 0.126 e. The lowest BCUT2D eigenvalue weighted by molar-refractivity contribution is 0.280. The van der Waals surface area contributed by atoms with Crippen LogP contribution in [0.1, 0.15) is 16.7 Å². The minimum atomic E-state index is -0.290. The van der Waals surface area contributed by atoms with Crippen molar-refractivity contribution in [2.24, 2.45) is 0 Å². The molecule has 0 aliphatic rings. The molecule has 0 atom stereocenters. The summed E-state index contributed by atoms with van der Waals surface area (Å²) in [5, 5.41) is 8.82. The second kappa shape index (κ2) is 3.01. The van der Waals surface area contributed by atoms with E-state index in [1.165, 1.54) is 6.07 Å². The van der Waals surface area contributed by atoms with Gasteiger partial charge in [0.25, 0.3) is 0 Å². The highest BCUT2D eigenvalue weighted by molar-refractivity contribution is 5.36. The van der Waals surface area contributed by atoms with E-state index in [-0.39, 0.29) is 12.4 Å². The second-order valence-electron chi connectivity index (χ2n) is 2.47. The predicted octanol–water partition coefficient (Wildman–Crippen LogP) is 1.81. The molecule has 1 nitrogen and oxygen atoms in total. The van der Waals surface area contributed by atoms with Gasteiger partial charge in [-0.25, -0.2) is 4.39 Å². The summed E-state index contributed by atoms with van der Waals surface area (Å²) >= 11 is 0. The molecule has 59 valence electrons. The van der Waals surface area contributed by atoms with Gasteiger partial charge in [0.05, 0.1) is 6.61 Å². The lowest BCUT2D eigenvalue weighted by Gasteiger charge is -2.06. The van der Waals surface area contributed by atoms with Gasteiger partial charge in [-0.2, -0.15) is 0 Å². The molecule has 0 bridgehead atoms. The molecule has 1 N–H and O–H groups in total. The van der Waals surface area contributed by atoms with Gasteiger partial charge >= 0.3 is 0 Å². The quantitative estimate of drug-likeness (QED) is 0.652. The monoisotopic (exact) mass is 153 g/mol. The van der Waals surface area contributed by atoms with Crippen molar-refractivity contribution in [1.82, 2.24) is 0 Å². The Bertz CT molecular complexity index is 269. The fourth-order valence-electron chi connectivity index (χ4n) is 1.00. The van der Waals surface area contributed by atoms with Crippen LogP contribution in [0.2, 0.25) is 0 Å². The average molecular weight is 153 g/mol. The molecule has 0 fully saturated rings. The summed E-state index contributed by atoms with van der Waals surface area (Å²) < 4.78 is 12.8. The molecule has 0 aliphatic heterocycles. The molecule has 0 amide bonds. The molecular weight excluding hydrogens is 143 g/mol. The van der Waals surface area contributed by atoms with E-state index in [1.54, 1.807) is 13.0 Å². The molecule has 1 rings (SSSR count). The lowest BCUT2D eigenvalue weighted by atomic mass is 10.0. The summed E-state index contributed by atoms with van der Waals surface area (Å²) in [6.07, 6.45) is 0. The van der Waals surface area contributed by atoms with Gasteiger partial charge in [-0.15, -0.1) is 0 Å². The van der Waals surface area contributed by atoms with Crippen LogP contribution in [0.3, 0.4) is 0 Å². The van der Waals surface area contributed by atoms with Gasteiger partial charge in [0.2, 0.25) is 0 Å². The zero-order chi connectivity index (χ0) is 8.43. The van der Waals surface area contributed by atoms with Crippen molar-refractivity contribution in [3.05, 3.63) is 41.6 Å². The molecule has 1 aromatic rings. The number of benzene rings is 1. The second-order valence-corrected chi connectivity index (χ2v) is 2.47. The van der Waals surface area contributed by atoms with E-state index in [0.717, 1.165) is 0 Å². The Hall–Kier alpha value is -0.890. The summed E-state index contributed by atoms with van der Waals surface area (Å²) in [6, 6.07) is 2.92. The Morgan fingerprint density at radius 3 is 2.64 bits per heavy atom. The zero-order valence-electron chi connectivity index (χ0n) is 6.39. The van der Waals surface area contributed by atoms with E-state index < -0.39 is 0 Å². The first kappa shape index (κ1) is 8.21. The van der Waals surface area contributed by atoms with E-state index in [9.17, 15) is 4.39 Å². The highest BCUT2D eigenvalue weighted by Crippen LogP contribution is 2.16. The Balaban J connectivity index is 3.29. The predicted molar refractivity (Wildman–Crippen MR) is 41.5 cm³/mol. The third-order valence-electron chi connectivity index (χ3n) is 1.79. The Morgan fingerprint density at radius 2 is 2.18 bits per heavy atom. The van der Waals surface area contributed by atoms with Crippen LogP contribution in [-0.2, 0) is 6.61 Å². The molecule has 2 heteroatoms. The van der Waals surface area contributed by atoms with Crippen molar-refractivity contribution in [2.75, 3.05) is 0 Å². The SMILES string of the molecule is [CH2]c1ccc(F)c(C)c1CO. The minimum absolute atomic E-state index is 0.150. The molecule has 0 aliphatic carbocycles. The molecule has 0 spiro atoms. The van der Waals surface area contributed by atoms with E-state index in [0.29, 0.717) is 16.7 Å². The maximum absolute atomic E-state index is 12.8. The van der Waals surface area contributed by atoms with Gasteiger partial charge in [-0.05, 0) is 36.6 Å². The fourth-order valence-corrected chi connectivity index (χ4v) is 1.00. The Kier molecular flexibility index (Phi) is 2.25. The van der Waals surface area contributed by atoms with E-state index >= 15 is 0 Å². The number of hydrogen-bond donors (Lipinski definition) is 1. The molecular formula is C9H10FO. The first-order valence-corrected chi connectivity index (χ1v) is 3.37. The van der Waals surface area contributed by atoms with Gasteiger partial charge in [-0.1, -0.05) is 6.07 Å².